The molecule has 0 saturated heterocycles. The molecule has 3 heteroatoms. The molecule has 0 aromatic heterocycles. The van der Waals surface area contributed by atoms with Gasteiger partial charge in [-0.05, 0) is 22.3 Å². The van der Waals surface area contributed by atoms with Crippen LogP contribution >= 0.6 is 0 Å². The van der Waals surface area contributed by atoms with E-state index in [4.69, 9.17) is 18.4 Å². The molecule has 3 nitrogen and oxygen atoms in total. The van der Waals surface area contributed by atoms with Crippen molar-refractivity contribution in [3.8, 4) is 28.3 Å². The molecule has 3 rings (SSSR count). The van der Waals surface area contributed by atoms with Gasteiger partial charge in [0, 0.05) is 6.92 Å². The Morgan fingerprint density at radius 2 is 1.28 bits per heavy atom. The second-order valence-corrected chi connectivity index (χ2v) is 5.04. The minimum absolute atomic E-state index is 0.397. The van der Waals surface area contributed by atoms with Crippen LogP contribution in [0.15, 0.2) is 72.8 Å². The van der Waals surface area contributed by atoms with Crippen molar-refractivity contribution in [1.29, 1.82) is 5.26 Å². The summed E-state index contributed by atoms with van der Waals surface area (Å²) in [5.74, 6) is 0. The molecule has 0 aliphatic rings. The quantitative estimate of drug-likeness (QED) is 0.486. The lowest BCUT2D eigenvalue weighted by Crippen LogP contribution is -1.86. The third-order valence-corrected chi connectivity index (χ3v) is 3.54. The summed E-state index contributed by atoms with van der Waals surface area (Å²) in [4.78, 5) is 7.14. The van der Waals surface area contributed by atoms with Gasteiger partial charge in [-0.25, -0.2) is 4.85 Å². The zero-order valence-electron chi connectivity index (χ0n) is 13.8. The van der Waals surface area contributed by atoms with Crippen LogP contribution in [0.25, 0.3) is 31.9 Å². The molecule has 0 spiro atoms. The molecule has 25 heavy (non-hydrogen) atoms. The molecular weight excluding hydrogens is 306 g/mol. The van der Waals surface area contributed by atoms with Crippen LogP contribution in [0.2, 0.25) is 0 Å². The van der Waals surface area contributed by atoms with E-state index in [2.05, 4.69) is 9.69 Å². The molecule has 3 aromatic carbocycles. The lowest BCUT2D eigenvalue weighted by Gasteiger charge is -2.13. The molecule has 0 unspecified atom stereocenters. The number of hydrogen-bond donors (Lipinski definition) is 0. The second-order valence-electron chi connectivity index (χ2n) is 5.04. The Hall–Kier alpha value is -3.87. The van der Waals surface area contributed by atoms with Gasteiger partial charge < -0.3 is 0 Å². The average Bonchev–Trinajstić information content (AvgIpc) is 2.68. The Balaban J connectivity index is 0.000000701. The smallest absolute Gasteiger partial charge is 0.202 e. The Bertz CT molecular complexity index is 970. The van der Waals surface area contributed by atoms with Crippen LogP contribution in [0.3, 0.4) is 0 Å². The lowest BCUT2D eigenvalue weighted by molar-refractivity contribution is 1.49. The molecule has 0 fully saturated rings. The topological polar surface area (TPSA) is 32.5 Å². The van der Waals surface area contributed by atoms with Crippen molar-refractivity contribution < 1.29 is 0 Å². The third kappa shape index (κ3) is 3.91. The van der Waals surface area contributed by atoms with Gasteiger partial charge in [0.25, 0.3) is 0 Å². The normalized spacial score (nSPS) is 8.88. The van der Waals surface area contributed by atoms with E-state index in [1.807, 2.05) is 66.7 Å². The maximum atomic E-state index is 7.52. The standard InChI is InChI=1S/C20H12N2.C2H3N/c1-21-18-14-13-17(15-9-5-3-6-10-15)19(20(18)22-2)16-11-7-4-8-12-16;1-2-3/h3-14H;1H3. The maximum absolute atomic E-state index is 7.52. The fourth-order valence-electron chi connectivity index (χ4n) is 2.54. The maximum Gasteiger partial charge on any atom is 0.202 e. The van der Waals surface area contributed by atoms with Gasteiger partial charge >= 0.3 is 0 Å². The predicted molar refractivity (Wildman–Crippen MR) is 101 cm³/mol. The third-order valence-electron chi connectivity index (χ3n) is 3.54. The average molecular weight is 321 g/mol. The van der Waals surface area contributed by atoms with Crippen molar-refractivity contribution >= 4 is 11.4 Å². The summed E-state index contributed by atoms with van der Waals surface area (Å²) in [6.07, 6.45) is 0. The Kier molecular flexibility index (Phi) is 6.07. The minimum atomic E-state index is 0.397. The first-order valence-electron chi connectivity index (χ1n) is 7.60. The first kappa shape index (κ1) is 17.5. The summed E-state index contributed by atoms with van der Waals surface area (Å²) in [5.41, 5.74) is 4.62. The van der Waals surface area contributed by atoms with Gasteiger partial charge in [0.15, 0.2) is 5.69 Å². The molecule has 0 N–H and O–H groups in total. The van der Waals surface area contributed by atoms with Crippen molar-refractivity contribution in [2.75, 3.05) is 0 Å². The van der Waals surface area contributed by atoms with Gasteiger partial charge in [-0.3, -0.25) is 4.85 Å². The first-order valence-corrected chi connectivity index (χ1v) is 7.60. The predicted octanol–water partition coefficient (Wildman–Crippen LogP) is 6.65. The van der Waals surface area contributed by atoms with E-state index >= 15 is 0 Å². The van der Waals surface area contributed by atoms with Crippen molar-refractivity contribution in [1.82, 2.24) is 0 Å². The molecule has 0 aliphatic heterocycles. The summed E-state index contributed by atoms with van der Waals surface area (Å²) in [5, 5.41) is 7.32. The Morgan fingerprint density at radius 3 is 1.76 bits per heavy atom. The fourth-order valence-corrected chi connectivity index (χ4v) is 2.54. The Labute approximate surface area is 148 Å². The number of hydrogen-bond acceptors (Lipinski definition) is 1. The SMILES string of the molecule is CC#N.[C-]#[N+]c1ccc(-c2ccccc2)c(-c2ccccc2)c1[N+]#[C-]. The van der Waals surface area contributed by atoms with E-state index in [0.717, 1.165) is 22.3 Å². The fraction of sp³-hybridized carbons (Fsp3) is 0.0455. The van der Waals surface area contributed by atoms with Crippen LogP contribution in [0.1, 0.15) is 6.92 Å². The number of benzene rings is 3. The number of nitriles is 1. The number of rotatable bonds is 2. The van der Waals surface area contributed by atoms with E-state index in [1.54, 1.807) is 12.1 Å². The number of nitrogens with zero attached hydrogens (tertiary/aromatic N) is 3. The molecule has 118 valence electrons. The van der Waals surface area contributed by atoms with Crippen molar-refractivity contribution in [2.24, 2.45) is 0 Å². The molecule has 0 amide bonds. The molecule has 0 aliphatic carbocycles. The summed E-state index contributed by atoms with van der Waals surface area (Å²) < 4.78 is 0. The largest absolute Gasteiger partial charge is 0.250 e. The highest BCUT2D eigenvalue weighted by atomic mass is 14.8. The van der Waals surface area contributed by atoms with Crippen molar-refractivity contribution in [3.63, 3.8) is 0 Å². The monoisotopic (exact) mass is 321 g/mol. The van der Waals surface area contributed by atoms with Gasteiger partial charge in [-0.15, -0.1) is 0 Å². The lowest BCUT2D eigenvalue weighted by atomic mass is 9.92. The highest BCUT2D eigenvalue weighted by Crippen LogP contribution is 2.44. The van der Waals surface area contributed by atoms with E-state index in [-0.39, 0.29) is 0 Å². The summed E-state index contributed by atoms with van der Waals surface area (Å²) >= 11 is 0. The summed E-state index contributed by atoms with van der Waals surface area (Å²) in [6, 6.07) is 25.2. The van der Waals surface area contributed by atoms with Gasteiger partial charge in [0.1, 0.15) is 0 Å². The molecule has 0 bridgehead atoms. The zero-order valence-corrected chi connectivity index (χ0v) is 13.8. The van der Waals surface area contributed by atoms with Gasteiger partial charge in [-0.1, -0.05) is 72.8 Å². The van der Waals surface area contributed by atoms with Crippen LogP contribution in [0.4, 0.5) is 11.4 Å². The highest BCUT2D eigenvalue weighted by Gasteiger charge is 2.16. The molecule has 0 atom stereocenters. The molecule has 0 radical (unpaired) electrons. The van der Waals surface area contributed by atoms with Gasteiger partial charge in [-0.2, -0.15) is 5.26 Å². The van der Waals surface area contributed by atoms with Crippen LogP contribution < -0.4 is 0 Å². The molecule has 0 heterocycles. The Morgan fingerprint density at radius 1 is 0.760 bits per heavy atom. The minimum Gasteiger partial charge on any atom is -0.250 e. The van der Waals surface area contributed by atoms with Crippen LogP contribution in [-0.2, 0) is 0 Å². The first-order chi connectivity index (χ1) is 12.3. The van der Waals surface area contributed by atoms with E-state index < -0.39 is 0 Å². The summed E-state index contributed by atoms with van der Waals surface area (Å²) in [6.45, 7) is 16.3. The summed E-state index contributed by atoms with van der Waals surface area (Å²) in [7, 11) is 0. The molecular formula is C22H15N3. The van der Waals surface area contributed by atoms with E-state index in [9.17, 15) is 0 Å². The second kappa shape index (κ2) is 8.68. The van der Waals surface area contributed by atoms with Crippen LogP contribution in [0.5, 0.6) is 0 Å². The van der Waals surface area contributed by atoms with Crippen LogP contribution in [-0.4, -0.2) is 0 Å². The zero-order chi connectivity index (χ0) is 18.1. The van der Waals surface area contributed by atoms with Crippen molar-refractivity contribution in [2.45, 2.75) is 6.92 Å². The molecule has 3 aromatic rings. The van der Waals surface area contributed by atoms with Crippen molar-refractivity contribution in [3.05, 3.63) is 95.6 Å². The van der Waals surface area contributed by atoms with Gasteiger partial charge in [0.2, 0.25) is 5.69 Å². The van der Waals surface area contributed by atoms with E-state index in [1.165, 1.54) is 6.92 Å². The highest BCUT2D eigenvalue weighted by molar-refractivity contribution is 5.98. The van der Waals surface area contributed by atoms with Gasteiger partial charge in [0.05, 0.1) is 19.2 Å². The van der Waals surface area contributed by atoms with Crippen LogP contribution in [0, 0.1) is 24.5 Å². The molecule has 0 saturated carbocycles. The van der Waals surface area contributed by atoms with E-state index in [0.29, 0.717) is 11.4 Å².